The van der Waals surface area contributed by atoms with Crippen LogP contribution in [0.2, 0.25) is 0 Å². The molecule has 3 heterocycles. The second-order valence-electron chi connectivity index (χ2n) is 8.24. The van der Waals surface area contributed by atoms with Gasteiger partial charge >= 0.3 is 12.4 Å². The van der Waals surface area contributed by atoms with Crippen LogP contribution >= 0.6 is 11.3 Å². The van der Waals surface area contributed by atoms with Crippen LogP contribution in [0.1, 0.15) is 28.0 Å². The molecule has 0 radical (unpaired) electrons. The van der Waals surface area contributed by atoms with Crippen LogP contribution in [0.15, 0.2) is 29.6 Å². The molecule has 0 atom stereocenters. The summed E-state index contributed by atoms with van der Waals surface area (Å²) in [6.45, 7) is 3.03. The van der Waals surface area contributed by atoms with Crippen molar-refractivity contribution in [3.8, 4) is 0 Å². The van der Waals surface area contributed by atoms with Crippen LogP contribution in [0.3, 0.4) is 0 Å². The molecule has 1 saturated heterocycles. The van der Waals surface area contributed by atoms with Crippen LogP contribution in [0.25, 0.3) is 0 Å². The van der Waals surface area contributed by atoms with Crippen LogP contribution in [-0.4, -0.2) is 55.0 Å². The van der Waals surface area contributed by atoms with Crippen LogP contribution in [0, 0.1) is 0 Å². The Morgan fingerprint density at radius 3 is 2.33 bits per heavy atom. The Morgan fingerprint density at radius 1 is 0.939 bits per heavy atom. The Labute approximate surface area is 191 Å². The molecule has 1 fully saturated rings. The number of rotatable bonds is 4. The number of fused-ring (bicyclic) bond motifs is 1. The second-order valence-corrected chi connectivity index (χ2v) is 9.24. The van der Waals surface area contributed by atoms with E-state index in [1.54, 1.807) is 16.2 Å². The van der Waals surface area contributed by atoms with Gasteiger partial charge in [0.25, 0.3) is 0 Å². The monoisotopic (exact) mass is 491 g/mol. The third-order valence-electron chi connectivity index (χ3n) is 6.13. The lowest BCUT2D eigenvalue weighted by Gasteiger charge is -2.37. The fourth-order valence-corrected chi connectivity index (χ4v) is 5.21. The van der Waals surface area contributed by atoms with Crippen LogP contribution in [0.5, 0.6) is 0 Å². The summed E-state index contributed by atoms with van der Waals surface area (Å²) in [5.41, 5.74) is -1.64. The van der Waals surface area contributed by atoms with E-state index >= 15 is 0 Å². The number of halogens is 6. The van der Waals surface area contributed by atoms with E-state index in [4.69, 9.17) is 0 Å². The van der Waals surface area contributed by atoms with Gasteiger partial charge in [-0.1, -0.05) is 0 Å². The smallest absolute Gasteiger partial charge is 0.367 e. The first kappa shape index (κ1) is 23.9. The third kappa shape index (κ3) is 5.46. The molecule has 11 heteroatoms. The lowest BCUT2D eigenvalue weighted by Crippen LogP contribution is -2.49. The van der Waals surface area contributed by atoms with Gasteiger partial charge in [-0.3, -0.25) is 9.69 Å². The van der Waals surface area contributed by atoms with E-state index in [9.17, 15) is 31.1 Å². The predicted molar refractivity (Wildman–Crippen MR) is 113 cm³/mol. The minimum atomic E-state index is -4.92. The molecule has 4 nitrogen and oxygen atoms in total. The van der Waals surface area contributed by atoms with E-state index in [0.717, 1.165) is 25.6 Å². The summed E-state index contributed by atoms with van der Waals surface area (Å²) in [6, 6.07) is 3.80. The average molecular weight is 492 g/mol. The zero-order chi connectivity index (χ0) is 23.8. The SMILES string of the molecule is O=C(CCN1CCc2sccc2C1)N1CCN(c2ccc(C(F)(F)F)cc2C(F)(F)F)CC1. The molecule has 180 valence electrons. The Balaban J connectivity index is 1.34. The zero-order valence-corrected chi connectivity index (χ0v) is 18.5. The number of hydrogen-bond donors (Lipinski definition) is 0. The minimum absolute atomic E-state index is 0.0609. The number of nitrogens with zero attached hydrogens (tertiary/aromatic N) is 3. The quantitative estimate of drug-likeness (QED) is 0.571. The van der Waals surface area contributed by atoms with Gasteiger partial charge in [-0.25, -0.2) is 0 Å². The summed E-state index contributed by atoms with van der Waals surface area (Å²) < 4.78 is 79.1. The first-order valence-corrected chi connectivity index (χ1v) is 11.5. The Bertz CT molecular complexity index is 995. The summed E-state index contributed by atoms with van der Waals surface area (Å²) in [4.78, 5) is 19.3. The van der Waals surface area contributed by atoms with Crippen molar-refractivity contribution < 1.29 is 31.1 Å². The molecule has 33 heavy (non-hydrogen) atoms. The highest BCUT2D eigenvalue weighted by atomic mass is 32.1. The molecular formula is C22H23F6N3OS. The van der Waals surface area contributed by atoms with E-state index in [0.29, 0.717) is 19.0 Å². The molecule has 0 unspecified atom stereocenters. The number of anilines is 1. The molecule has 2 aliphatic heterocycles. The topological polar surface area (TPSA) is 26.8 Å². The molecular weight excluding hydrogens is 468 g/mol. The first-order chi connectivity index (χ1) is 15.5. The number of amides is 1. The summed E-state index contributed by atoms with van der Waals surface area (Å²) in [7, 11) is 0. The normalized spacial score (nSPS) is 17.9. The van der Waals surface area contributed by atoms with Crippen molar-refractivity contribution in [2.45, 2.75) is 31.7 Å². The zero-order valence-electron chi connectivity index (χ0n) is 17.7. The van der Waals surface area contributed by atoms with Crippen molar-refractivity contribution in [3.05, 3.63) is 51.2 Å². The van der Waals surface area contributed by atoms with Gasteiger partial charge < -0.3 is 9.80 Å². The standard InChI is InChI=1S/C22H23F6N3OS/c23-21(24,25)16-1-2-18(17(13-16)22(26,27)28)30-8-10-31(11-9-30)20(32)4-7-29-6-3-19-15(14-29)5-12-33-19/h1-2,5,12-13H,3-4,6-11,14H2. The fourth-order valence-electron chi connectivity index (χ4n) is 4.32. The third-order valence-corrected chi connectivity index (χ3v) is 7.15. The maximum atomic E-state index is 13.5. The van der Waals surface area contributed by atoms with Crippen LogP contribution < -0.4 is 4.90 Å². The van der Waals surface area contributed by atoms with E-state index in [1.165, 1.54) is 15.3 Å². The van der Waals surface area contributed by atoms with Crippen molar-refractivity contribution in [1.82, 2.24) is 9.80 Å². The molecule has 0 aliphatic carbocycles. The van der Waals surface area contributed by atoms with E-state index in [2.05, 4.69) is 16.3 Å². The maximum absolute atomic E-state index is 13.5. The van der Waals surface area contributed by atoms with Crippen molar-refractivity contribution in [2.24, 2.45) is 0 Å². The lowest BCUT2D eigenvalue weighted by molar-refractivity contribution is -0.143. The highest BCUT2D eigenvalue weighted by Crippen LogP contribution is 2.41. The molecule has 2 aliphatic rings. The highest BCUT2D eigenvalue weighted by Gasteiger charge is 2.39. The molecule has 1 aromatic carbocycles. The van der Waals surface area contributed by atoms with Gasteiger partial charge in [-0.15, -0.1) is 11.3 Å². The molecule has 0 N–H and O–H groups in total. The number of carbonyl (C=O) groups is 1. The second kappa shape index (κ2) is 9.17. The van der Waals surface area contributed by atoms with Gasteiger partial charge in [-0.05, 0) is 41.6 Å². The molecule has 0 bridgehead atoms. The first-order valence-electron chi connectivity index (χ1n) is 10.6. The lowest BCUT2D eigenvalue weighted by atomic mass is 10.1. The van der Waals surface area contributed by atoms with Crippen molar-refractivity contribution in [2.75, 3.05) is 44.2 Å². The molecule has 0 saturated carbocycles. The van der Waals surface area contributed by atoms with E-state index < -0.39 is 23.5 Å². The highest BCUT2D eigenvalue weighted by molar-refractivity contribution is 7.10. The van der Waals surface area contributed by atoms with Crippen LogP contribution in [0.4, 0.5) is 32.0 Å². The van der Waals surface area contributed by atoms with E-state index in [-0.39, 0.29) is 43.8 Å². The Hall–Kier alpha value is -2.27. The number of benzene rings is 1. The van der Waals surface area contributed by atoms with Crippen molar-refractivity contribution >= 4 is 22.9 Å². The number of piperazine rings is 1. The number of carbonyl (C=O) groups excluding carboxylic acids is 1. The van der Waals surface area contributed by atoms with Gasteiger partial charge in [0.05, 0.1) is 11.1 Å². The molecule has 2 aromatic rings. The Morgan fingerprint density at radius 2 is 1.67 bits per heavy atom. The molecule has 1 amide bonds. The fraction of sp³-hybridized carbons (Fsp3) is 0.500. The summed E-state index contributed by atoms with van der Waals surface area (Å²) in [5.74, 6) is -0.0609. The van der Waals surface area contributed by atoms with Crippen molar-refractivity contribution in [1.29, 1.82) is 0 Å². The summed E-state index contributed by atoms with van der Waals surface area (Å²) in [6.07, 6.45) is -8.48. The molecule has 1 aromatic heterocycles. The number of alkyl halides is 6. The Kier molecular flexibility index (Phi) is 6.63. The number of thiophene rings is 1. The van der Waals surface area contributed by atoms with Gasteiger partial charge in [-0.2, -0.15) is 26.3 Å². The van der Waals surface area contributed by atoms with Gasteiger partial charge in [0.15, 0.2) is 0 Å². The number of hydrogen-bond acceptors (Lipinski definition) is 4. The molecule has 4 rings (SSSR count). The maximum Gasteiger partial charge on any atom is 0.418 e. The van der Waals surface area contributed by atoms with Gasteiger partial charge in [0.1, 0.15) is 0 Å². The summed E-state index contributed by atoms with van der Waals surface area (Å²) >= 11 is 1.74. The van der Waals surface area contributed by atoms with Crippen LogP contribution in [-0.2, 0) is 30.1 Å². The van der Waals surface area contributed by atoms with Gasteiger partial charge in [0, 0.05) is 62.8 Å². The minimum Gasteiger partial charge on any atom is -0.367 e. The van der Waals surface area contributed by atoms with Crippen molar-refractivity contribution in [3.63, 3.8) is 0 Å². The largest absolute Gasteiger partial charge is 0.418 e. The average Bonchev–Trinajstić information content (AvgIpc) is 3.24. The van der Waals surface area contributed by atoms with Gasteiger partial charge in [0.2, 0.25) is 5.91 Å². The van der Waals surface area contributed by atoms with E-state index in [1.807, 2.05) is 0 Å². The summed E-state index contributed by atoms with van der Waals surface area (Å²) in [5, 5.41) is 2.07. The molecule has 0 spiro atoms. The predicted octanol–water partition coefficient (Wildman–Crippen LogP) is 4.88.